The Morgan fingerprint density at radius 3 is 2.46 bits per heavy atom. The molecule has 1 saturated heterocycles. The van der Waals surface area contributed by atoms with Crippen LogP contribution in [-0.2, 0) is 0 Å². The van der Waals surface area contributed by atoms with Crippen LogP contribution in [0.1, 0.15) is 32.1 Å². The van der Waals surface area contributed by atoms with Crippen LogP contribution in [0.3, 0.4) is 0 Å². The summed E-state index contributed by atoms with van der Waals surface area (Å²) in [6, 6.07) is 0.319. The van der Waals surface area contributed by atoms with Crippen LogP contribution < -0.4 is 16.0 Å². The first kappa shape index (κ1) is 16.7. The first-order chi connectivity index (χ1) is 11.5. The number of piperazine rings is 1. The van der Waals surface area contributed by atoms with Gasteiger partial charge < -0.3 is 20.9 Å². The van der Waals surface area contributed by atoms with Gasteiger partial charge in [-0.2, -0.15) is 9.97 Å². The van der Waals surface area contributed by atoms with Gasteiger partial charge in [0, 0.05) is 32.2 Å². The second-order valence-corrected chi connectivity index (χ2v) is 6.63. The highest BCUT2D eigenvalue weighted by atomic mass is 16.6. The number of nitrogens with one attached hydrogen (secondary N) is 1. The van der Waals surface area contributed by atoms with Crippen LogP contribution in [0, 0.1) is 10.1 Å². The smallest absolute Gasteiger partial charge is 0.353 e. The second kappa shape index (κ2) is 7.16. The highest BCUT2D eigenvalue weighted by Crippen LogP contribution is 2.33. The molecular formula is C15H25N7O2. The van der Waals surface area contributed by atoms with Crippen molar-refractivity contribution in [3.05, 3.63) is 10.1 Å². The number of nitrogen functional groups attached to an aromatic ring is 1. The molecule has 0 radical (unpaired) electrons. The van der Waals surface area contributed by atoms with E-state index in [0.29, 0.717) is 30.9 Å². The lowest BCUT2D eigenvalue weighted by Gasteiger charge is -2.33. The lowest BCUT2D eigenvalue weighted by molar-refractivity contribution is -0.383. The van der Waals surface area contributed by atoms with Crippen LogP contribution in [0.5, 0.6) is 0 Å². The average molecular weight is 335 g/mol. The molecule has 1 aromatic rings. The first-order valence-electron chi connectivity index (χ1n) is 8.56. The average Bonchev–Trinajstić information content (AvgIpc) is 2.55. The Bertz CT molecular complexity index is 596. The molecule has 2 fully saturated rings. The van der Waals surface area contributed by atoms with E-state index in [1.54, 1.807) is 0 Å². The Morgan fingerprint density at radius 2 is 1.83 bits per heavy atom. The third-order valence-electron chi connectivity index (χ3n) is 4.82. The van der Waals surface area contributed by atoms with Gasteiger partial charge in [0.1, 0.15) is 0 Å². The zero-order valence-corrected chi connectivity index (χ0v) is 14.1. The number of hydrogen-bond donors (Lipinski definition) is 2. The molecule has 0 unspecified atom stereocenters. The van der Waals surface area contributed by atoms with E-state index < -0.39 is 4.92 Å². The number of rotatable bonds is 4. The van der Waals surface area contributed by atoms with Gasteiger partial charge in [-0.3, -0.25) is 10.1 Å². The van der Waals surface area contributed by atoms with Crippen molar-refractivity contribution in [1.29, 1.82) is 0 Å². The van der Waals surface area contributed by atoms with E-state index in [1.807, 2.05) is 11.9 Å². The van der Waals surface area contributed by atoms with E-state index >= 15 is 0 Å². The number of hydrogen-bond acceptors (Lipinski definition) is 8. The second-order valence-electron chi connectivity index (χ2n) is 6.63. The molecule has 1 aliphatic carbocycles. The quantitative estimate of drug-likeness (QED) is 0.628. The fourth-order valence-corrected chi connectivity index (χ4v) is 3.37. The molecule has 0 spiro atoms. The Kier molecular flexibility index (Phi) is 4.98. The number of nitro groups is 1. The van der Waals surface area contributed by atoms with Crippen molar-refractivity contribution in [2.75, 3.05) is 49.2 Å². The molecule has 9 nitrogen and oxygen atoms in total. The highest BCUT2D eigenvalue weighted by Gasteiger charge is 2.29. The van der Waals surface area contributed by atoms with E-state index in [9.17, 15) is 10.1 Å². The third kappa shape index (κ3) is 3.66. The molecule has 1 saturated carbocycles. The molecule has 0 aromatic carbocycles. The molecule has 1 aromatic heterocycles. The van der Waals surface area contributed by atoms with Crippen molar-refractivity contribution in [3.8, 4) is 0 Å². The van der Waals surface area contributed by atoms with Gasteiger partial charge in [0.15, 0.2) is 0 Å². The number of aromatic nitrogens is 2. The predicted molar refractivity (Wildman–Crippen MR) is 93.3 cm³/mol. The Morgan fingerprint density at radius 1 is 1.17 bits per heavy atom. The number of nitrogens with two attached hydrogens (primary N) is 1. The van der Waals surface area contributed by atoms with Gasteiger partial charge in [0.2, 0.25) is 17.6 Å². The fourth-order valence-electron chi connectivity index (χ4n) is 3.37. The van der Waals surface area contributed by atoms with Crippen molar-refractivity contribution >= 4 is 23.3 Å². The van der Waals surface area contributed by atoms with Crippen molar-refractivity contribution < 1.29 is 4.92 Å². The number of likely N-dealkylation sites (N-methyl/N-ethyl adjacent to an activating group) is 1. The summed E-state index contributed by atoms with van der Waals surface area (Å²) in [5.74, 6) is 0.667. The van der Waals surface area contributed by atoms with Crippen LogP contribution in [-0.4, -0.2) is 59.1 Å². The van der Waals surface area contributed by atoms with E-state index in [4.69, 9.17) is 5.73 Å². The minimum atomic E-state index is -0.479. The summed E-state index contributed by atoms with van der Waals surface area (Å²) >= 11 is 0. The Labute approximate surface area is 141 Å². The largest absolute Gasteiger partial charge is 0.378 e. The van der Waals surface area contributed by atoms with Crippen LogP contribution >= 0.6 is 0 Å². The third-order valence-corrected chi connectivity index (χ3v) is 4.82. The summed E-state index contributed by atoms with van der Waals surface area (Å²) in [4.78, 5) is 23.7. The summed E-state index contributed by atoms with van der Waals surface area (Å²) in [7, 11) is 2.04. The van der Waals surface area contributed by atoms with Crippen molar-refractivity contribution in [2.45, 2.75) is 38.1 Å². The molecule has 3 N–H and O–H groups in total. The molecular weight excluding hydrogens is 310 g/mol. The van der Waals surface area contributed by atoms with Gasteiger partial charge in [0.25, 0.3) is 0 Å². The summed E-state index contributed by atoms with van der Waals surface area (Å²) in [6.45, 7) is 3.06. The molecule has 1 aliphatic heterocycles. The maximum absolute atomic E-state index is 11.4. The van der Waals surface area contributed by atoms with Crippen LogP contribution in [0.4, 0.5) is 23.3 Å². The zero-order chi connectivity index (χ0) is 17.1. The number of nitrogens with zero attached hydrogens (tertiary/aromatic N) is 5. The van der Waals surface area contributed by atoms with Gasteiger partial charge in [-0.25, -0.2) is 0 Å². The predicted octanol–water partition coefficient (Wildman–Crippen LogP) is 1.46. The van der Waals surface area contributed by atoms with E-state index in [-0.39, 0.29) is 11.5 Å². The van der Waals surface area contributed by atoms with E-state index in [0.717, 1.165) is 25.9 Å². The van der Waals surface area contributed by atoms with Crippen molar-refractivity contribution in [2.24, 2.45) is 0 Å². The molecule has 0 bridgehead atoms. The summed E-state index contributed by atoms with van der Waals surface area (Å²) in [5.41, 5.74) is 5.71. The van der Waals surface area contributed by atoms with Crippen LogP contribution in [0.15, 0.2) is 0 Å². The normalized spacial score (nSPS) is 20.1. The van der Waals surface area contributed by atoms with Crippen molar-refractivity contribution in [3.63, 3.8) is 0 Å². The lowest BCUT2D eigenvalue weighted by atomic mass is 9.96. The molecule has 2 aliphatic rings. The maximum atomic E-state index is 11.4. The van der Waals surface area contributed by atoms with Gasteiger partial charge in [-0.1, -0.05) is 19.3 Å². The summed E-state index contributed by atoms with van der Waals surface area (Å²) in [6.07, 6.45) is 5.78. The summed E-state index contributed by atoms with van der Waals surface area (Å²) < 4.78 is 0. The molecule has 2 heterocycles. The zero-order valence-electron chi connectivity index (χ0n) is 14.1. The van der Waals surface area contributed by atoms with E-state index in [2.05, 4.69) is 20.2 Å². The first-order valence-corrected chi connectivity index (χ1v) is 8.56. The minimum absolute atomic E-state index is 0.0674. The standard InChI is InChI=1S/C15H25N7O2/c1-20-7-9-21(10-8-20)14-12(22(23)24)13(16)18-15(19-14)17-11-5-3-2-4-6-11/h11H,2-10H2,1H3,(H3,16,17,18,19). The van der Waals surface area contributed by atoms with Gasteiger partial charge in [0.05, 0.1) is 4.92 Å². The molecule has 132 valence electrons. The molecule has 24 heavy (non-hydrogen) atoms. The van der Waals surface area contributed by atoms with Gasteiger partial charge >= 0.3 is 5.69 Å². The monoisotopic (exact) mass is 335 g/mol. The minimum Gasteiger partial charge on any atom is -0.378 e. The SMILES string of the molecule is CN1CCN(c2nc(NC3CCCCC3)nc(N)c2[N+](=O)[O-])CC1. The molecule has 0 atom stereocenters. The Balaban J connectivity index is 1.87. The van der Waals surface area contributed by atoms with E-state index in [1.165, 1.54) is 19.3 Å². The highest BCUT2D eigenvalue weighted by molar-refractivity contribution is 5.71. The van der Waals surface area contributed by atoms with Gasteiger partial charge in [-0.05, 0) is 19.9 Å². The summed E-state index contributed by atoms with van der Waals surface area (Å²) in [5, 5.41) is 14.8. The van der Waals surface area contributed by atoms with Crippen LogP contribution in [0.2, 0.25) is 0 Å². The molecule has 0 amide bonds. The molecule has 3 rings (SSSR count). The Hall–Kier alpha value is -2.16. The van der Waals surface area contributed by atoms with Crippen molar-refractivity contribution in [1.82, 2.24) is 14.9 Å². The maximum Gasteiger partial charge on any atom is 0.353 e. The molecule has 9 heteroatoms. The lowest BCUT2D eigenvalue weighted by Crippen LogP contribution is -2.45. The topological polar surface area (TPSA) is 113 Å². The fraction of sp³-hybridized carbons (Fsp3) is 0.733. The van der Waals surface area contributed by atoms with Gasteiger partial charge in [-0.15, -0.1) is 0 Å². The van der Waals surface area contributed by atoms with Crippen LogP contribution in [0.25, 0.3) is 0 Å². The number of anilines is 3.